The quantitative estimate of drug-likeness (QED) is 0.612. The number of hydrogen-bond acceptors (Lipinski definition) is 3. The van der Waals surface area contributed by atoms with E-state index in [2.05, 4.69) is 0 Å². The molecule has 0 spiro atoms. The van der Waals surface area contributed by atoms with Crippen molar-refractivity contribution in [3.8, 4) is 0 Å². The first-order valence-corrected chi connectivity index (χ1v) is 4.57. The van der Waals surface area contributed by atoms with Gasteiger partial charge in [0.15, 0.2) is 0 Å². The van der Waals surface area contributed by atoms with Gasteiger partial charge in [-0.25, -0.2) is 0 Å². The summed E-state index contributed by atoms with van der Waals surface area (Å²) >= 11 is 5.60. The minimum Gasteiger partial charge on any atom is -0.392 e. The highest BCUT2D eigenvalue weighted by molar-refractivity contribution is 6.33. The molecule has 0 unspecified atom stereocenters. The Morgan fingerprint density at radius 2 is 2.07 bits per heavy atom. The Kier molecular flexibility index (Phi) is 5.83. The molecule has 14 heavy (non-hydrogen) atoms. The molecular weight excluding hydrogens is 206 g/mol. The smallest absolute Gasteiger partial charge is 0.288 e. The molecule has 0 aromatic heterocycles. The predicted octanol–water partition coefficient (Wildman–Crippen LogP) is 2.77. The molecule has 4 nitrogen and oxygen atoms in total. The van der Waals surface area contributed by atoms with E-state index in [0.717, 1.165) is 0 Å². The molecule has 0 heterocycles. The molecule has 1 N–H and O–H groups in total. The molecule has 0 bridgehead atoms. The van der Waals surface area contributed by atoms with Crippen molar-refractivity contribution in [2.75, 3.05) is 0 Å². The minimum atomic E-state index is -0.582. The van der Waals surface area contributed by atoms with Crippen LogP contribution in [0.4, 0.5) is 5.69 Å². The van der Waals surface area contributed by atoms with Crippen molar-refractivity contribution >= 4 is 17.3 Å². The Labute approximate surface area is 87.3 Å². The van der Waals surface area contributed by atoms with E-state index in [4.69, 9.17) is 16.7 Å². The van der Waals surface area contributed by atoms with Gasteiger partial charge in [-0.2, -0.15) is 0 Å². The second-order valence-electron chi connectivity index (χ2n) is 2.17. The Morgan fingerprint density at radius 3 is 2.50 bits per heavy atom. The van der Waals surface area contributed by atoms with Gasteiger partial charge in [0, 0.05) is 11.6 Å². The molecule has 0 aliphatic carbocycles. The number of halogens is 1. The first-order chi connectivity index (χ1) is 6.66. The number of rotatable bonds is 2. The third-order valence-corrected chi connectivity index (χ3v) is 1.86. The van der Waals surface area contributed by atoms with Gasteiger partial charge in [-0.15, -0.1) is 0 Å². The van der Waals surface area contributed by atoms with E-state index in [9.17, 15) is 10.1 Å². The van der Waals surface area contributed by atoms with Crippen LogP contribution < -0.4 is 0 Å². The minimum absolute atomic E-state index is 0.00463. The van der Waals surface area contributed by atoms with Gasteiger partial charge >= 0.3 is 0 Å². The van der Waals surface area contributed by atoms with Crippen LogP contribution in [0.1, 0.15) is 19.4 Å². The molecule has 1 aromatic rings. The maximum Gasteiger partial charge on any atom is 0.288 e. The molecule has 1 rings (SSSR count). The van der Waals surface area contributed by atoms with Crippen molar-refractivity contribution < 1.29 is 10.0 Å². The van der Waals surface area contributed by atoms with E-state index >= 15 is 0 Å². The highest BCUT2D eigenvalue weighted by Gasteiger charge is 2.13. The van der Waals surface area contributed by atoms with E-state index in [1.54, 1.807) is 0 Å². The van der Waals surface area contributed by atoms with E-state index in [0.29, 0.717) is 5.56 Å². The Hall–Kier alpha value is -1.13. The average molecular weight is 218 g/mol. The Bertz CT molecular complexity index is 315. The van der Waals surface area contributed by atoms with Crippen LogP contribution >= 0.6 is 11.6 Å². The third-order valence-electron chi connectivity index (χ3n) is 1.43. The molecule has 78 valence electrons. The molecule has 0 aliphatic rings. The zero-order valence-electron chi connectivity index (χ0n) is 8.03. The number of nitro groups is 1. The maximum atomic E-state index is 10.3. The van der Waals surface area contributed by atoms with Crippen molar-refractivity contribution in [3.05, 3.63) is 38.9 Å². The van der Waals surface area contributed by atoms with Crippen LogP contribution in [0, 0.1) is 10.1 Å². The summed E-state index contributed by atoms with van der Waals surface area (Å²) in [7, 11) is 0. The van der Waals surface area contributed by atoms with Crippen LogP contribution in [0.2, 0.25) is 5.02 Å². The topological polar surface area (TPSA) is 63.4 Å². The van der Waals surface area contributed by atoms with Crippen molar-refractivity contribution in [3.63, 3.8) is 0 Å². The number of hydrogen-bond donors (Lipinski definition) is 1. The van der Waals surface area contributed by atoms with Gasteiger partial charge in [0.1, 0.15) is 5.02 Å². The first-order valence-electron chi connectivity index (χ1n) is 4.19. The van der Waals surface area contributed by atoms with Crippen LogP contribution in [-0.2, 0) is 6.61 Å². The van der Waals surface area contributed by atoms with Gasteiger partial charge in [0.25, 0.3) is 5.69 Å². The summed E-state index contributed by atoms with van der Waals surface area (Å²) in [4.78, 5) is 9.75. The highest BCUT2D eigenvalue weighted by Crippen LogP contribution is 2.27. The fourth-order valence-corrected chi connectivity index (χ4v) is 1.08. The van der Waals surface area contributed by atoms with Gasteiger partial charge in [-0.1, -0.05) is 37.6 Å². The van der Waals surface area contributed by atoms with Gasteiger partial charge in [0.2, 0.25) is 0 Å². The molecule has 0 saturated carbocycles. The SMILES string of the molecule is CC.O=[N+]([O-])c1cccc(CO)c1Cl. The summed E-state index contributed by atoms with van der Waals surface area (Å²) in [6.45, 7) is 3.71. The third kappa shape index (κ3) is 2.97. The summed E-state index contributed by atoms with van der Waals surface area (Å²) in [5, 5.41) is 19.1. The summed E-state index contributed by atoms with van der Waals surface area (Å²) in [6, 6.07) is 4.31. The van der Waals surface area contributed by atoms with Gasteiger partial charge in [-0.3, -0.25) is 10.1 Å². The standard InChI is InChI=1S/C7H6ClNO3.C2H6/c8-7-5(4-10)2-1-3-6(7)9(11)12;1-2/h1-3,10H,4H2;1-2H3. The van der Waals surface area contributed by atoms with Crippen molar-refractivity contribution in [1.29, 1.82) is 0 Å². The van der Waals surface area contributed by atoms with Crippen molar-refractivity contribution in [1.82, 2.24) is 0 Å². The first kappa shape index (κ1) is 12.9. The second kappa shape index (κ2) is 6.34. The van der Waals surface area contributed by atoms with Crippen LogP contribution in [-0.4, -0.2) is 10.0 Å². The zero-order chi connectivity index (χ0) is 11.1. The summed E-state index contributed by atoms with van der Waals surface area (Å²) in [5.41, 5.74) is 0.189. The lowest BCUT2D eigenvalue weighted by molar-refractivity contribution is -0.384. The lowest BCUT2D eigenvalue weighted by atomic mass is 10.2. The second-order valence-corrected chi connectivity index (χ2v) is 2.54. The number of nitrogens with zero attached hydrogens (tertiary/aromatic N) is 1. The number of benzene rings is 1. The van der Waals surface area contributed by atoms with E-state index < -0.39 is 4.92 Å². The normalized spacial score (nSPS) is 8.86. The monoisotopic (exact) mass is 217 g/mol. The Morgan fingerprint density at radius 1 is 1.50 bits per heavy atom. The summed E-state index contributed by atoms with van der Waals surface area (Å²) in [5.74, 6) is 0. The highest BCUT2D eigenvalue weighted by atomic mass is 35.5. The van der Waals surface area contributed by atoms with Crippen LogP contribution in [0.25, 0.3) is 0 Å². The largest absolute Gasteiger partial charge is 0.392 e. The molecule has 5 heteroatoms. The zero-order valence-corrected chi connectivity index (χ0v) is 8.78. The number of aliphatic hydroxyl groups excluding tert-OH is 1. The predicted molar refractivity (Wildman–Crippen MR) is 55.4 cm³/mol. The van der Waals surface area contributed by atoms with Crippen LogP contribution in [0.15, 0.2) is 18.2 Å². The molecular formula is C9H12ClNO3. The van der Waals surface area contributed by atoms with Crippen LogP contribution in [0.3, 0.4) is 0 Å². The molecule has 0 saturated heterocycles. The lowest BCUT2D eigenvalue weighted by Crippen LogP contribution is -1.92. The molecule has 0 atom stereocenters. The number of nitro benzene ring substituents is 1. The molecule has 0 aliphatic heterocycles. The Balaban J connectivity index is 0.000000791. The van der Waals surface area contributed by atoms with Crippen molar-refractivity contribution in [2.45, 2.75) is 20.5 Å². The fraction of sp³-hybridized carbons (Fsp3) is 0.333. The van der Waals surface area contributed by atoms with Gasteiger partial charge in [0.05, 0.1) is 11.5 Å². The molecule has 0 radical (unpaired) electrons. The maximum absolute atomic E-state index is 10.3. The van der Waals surface area contributed by atoms with Gasteiger partial charge in [-0.05, 0) is 0 Å². The van der Waals surface area contributed by atoms with E-state index in [-0.39, 0.29) is 17.3 Å². The molecule has 1 aromatic carbocycles. The molecule has 0 amide bonds. The van der Waals surface area contributed by atoms with E-state index in [1.165, 1.54) is 18.2 Å². The molecule has 0 fully saturated rings. The lowest BCUT2D eigenvalue weighted by Gasteiger charge is -1.99. The van der Waals surface area contributed by atoms with Crippen LogP contribution in [0.5, 0.6) is 0 Å². The van der Waals surface area contributed by atoms with Crippen molar-refractivity contribution in [2.24, 2.45) is 0 Å². The fourth-order valence-electron chi connectivity index (χ4n) is 0.829. The van der Waals surface area contributed by atoms with E-state index in [1.807, 2.05) is 13.8 Å². The summed E-state index contributed by atoms with van der Waals surface area (Å²) < 4.78 is 0. The number of aliphatic hydroxyl groups is 1. The average Bonchev–Trinajstić information content (AvgIpc) is 2.21. The van der Waals surface area contributed by atoms with Gasteiger partial charge < -0.3 is 5.11 Å². The summed E-state index contributed by atoms with van der Waals surface area (Å²) in [6.07, 6.45) is 0.